The van der Waals surface area contributed by atoms with Crippen LogP contribution in [0.25, 0.3) is 16.9 Å². The summed E-state index contributed by atoms with van der Waals surface area (Å²) in [5, 5.41) is 9.21. The zero-order valence-corrected chi connectivity index (χ0v) is 12.4. The molecule has 0 aromatic carbocycles. The Morgan fingerprint density at radius 1 is 1.10 bits per heavy atom. The fourth-order valence-corrected chi connectivity index (χ4v) is 2.76. The number of aliphatic hydroxyl groups is 1. The van der Waals surface area contributed by atoms with Crippen LogP contribution in [0.1, 0.15) is 11.4 Å². The number of aliphatic hydroxyl groups excluding tert-OH is 1. The van der Waals surface area contributed by atoms with Gasteiger partial charge in [0.05, 0.1) is 6.61 Å². The van der Waals surface area contributed by atoms with Gasteiger partial charge in [-0.05, 0) is 13.8 Å². The lowest BCUT2D eigenvalue weighted by Gasteiger charge is -2.04. The minimum absolute atomic E-state index is 0.0230. The quantitative estimate of drug-likeness (QED) is 0.676. The molecule has 1 N–H and O–H groups in total. The zero-order valence-electron chi connectivity index (χ0n) is 12.4. The largest absolute Gasteiger partial charge is 0.395 e. The molecule has 0 unspecified atom stereocenters. The molecule has 8 nitrogen and oxygen atoms in total. The van der Waals surface area contributed by atoms with Gasteiger partial charge in [0.25, 0.3) is 5.56 Å². The molecule has 0 aliphatic carbocycles. The maximum Gasteiger partial charge on any atom is 0.332 e. The minimum Gasteiger partial charge on any atom is -0.395 e. The van der Waals surface area contributed by atoms with Crippen LogP contribution in [0, 0.1) is 13.8 Å². The van der Waals surface area contributed by atoms with Gasteiger partial charge in [-0.15, -0.1) is 0 Å². The molecule has 21 heavy (non-hydrogen) atoms. The van der Waals surface area contributed by atoms with Crippen molar-refractivity contribution < 1.29 is 5.11 Å². The Morgan fingerprint density at radius 3 is 2.38 bits per heavy atom. The molecule has 0 radical (unpaired) electrons. The van der Waals surface area contributed by atoms with Crippen molar-refractivity contribution in [3.05, 3.63) is 32.2 Å². The first-order valence-electron chi connectivity index (χ1n) is 6.64. The summed E-state index contributed by atoms with van der Waals surface area (Å²) in [7, 11) is 3.05. The summed E-state index contributed by atoms with van der Waals surface area (Å²) in [6.45, 7) is 4.17. The van der Waals surface area contributed by atoms with E-state index in [0.717, 1.165) is 16.0 Å². The van der Waals surface area contributed by atoms with E-state index in [-0.39, 0.29) is 12.2 Å². The fraction of sp³-hybridized carbons (Fsp3) is 0.462. The Labute approximate surface area is 119 Å². The van der Waals surface area contributed by atoms with E-state index in [1.807, 2.05) is 18.4 Å². The van der Waals surface area contributed by atoms with Crippen molar-refractivity contribution in [2.24, 2.45) is 14.1 Å². The normalized spacial score (nSPS) is 11.9. The number of hydrogen-bond donors (Lipinski definition) is 1. The second-order valence-electron chi connectivity index (χ2n) is 5.17. The number of rotatable bonds is 2. The van der Waals surface area contributed by atoms with Crippen LogP contribution in [0.15, 0.2) is 9.59 Å². The van der Waals surface area contributed by atoms with Gasteiger partial charge >= 0.3 is 5.69 Å². The molecular weight excluding hydrogens is 274 g/mol. The molecule has 0 spiro atoms. The summed E-state index contributed by atoms with van der Waals surface area (Å²) in [5.41, 5.74) is 1.77. The van der Waals surface area contributed by atoms with E-state index in [0.29, 0.717) is 23.5 Å². The fourth-order valence-electron chi connectivity index (χ4n) is 2.76. The van der Waals surface area contributed by atoms with Gasteiger partial charge in [-0.2, -0.15) is 4.98 Å². The number of aryl methyl sites for hydroxylation is 2. The zero-order chi connectivity index (χ0) is 15.5. The Hall–Kier alpha value is -2.35. The topological polar surface area (TPSA) is 86.5 Å². The first-order valence-corrected chi connectivity index (χ1v) is 6.64. The van der Waals surface area contributed by atoms with E-state index in [2.05, 4.69) is 4.98 Å². The van der Waals surface area contributed by atoms with E-state index in [1.165, 1.54) is 11.6 Å². The van der Waals surface area contributed by atoms with Crippen molar-refractivity contribution in [1.82, 2.24) is 23.1 Å². The first kappa shape index (κ1) is 13.6. The lowest BCUT2D eigenvalue weighted by atomic mass is 10.3. The smallest absolute Gasteiger partial charge is 0.332 e. The summed E-state index contributed by atoms with van der Waals surface area (Å²) < 4.78 is 6.04. The predicted octanol–water partition coefficient (Wildman–Crippen LogP) is -0.704. The molecule has 0 atom stereocenters. The lowest BCUT2D eigenvalue weighted by molar-refractivity contribution is 0.276. The van der Waals surface area contributed by atoms with E-state index >= 15 is 0 Å². The van der Waals surface area contributed by atoms with Crippen LogP contribution < -0.4 is 11.2 Å². The summed E-state index contributed by atoms with van der Waals surface area (Å²) in [6, 6.07) is 0. The third kappa shape index (κ3) is 1.56. The molecule has 0 bridgehead atoms. The monoisotopic (exact) mass is 291 g/mol. The molecule has 112 valence electrons. The second-order valence-corrected chi connectivity index (χ2v) is 5.17. The molecule has 0 amide bonds. The summed E-state index contributed by atoms with van der Waals surface area (Å²) in [5.74, 6) is 0.562. The molecular formula is C13H17N5O3. The van der Waals surface area contributed by atoms with Crippen LogP contribution in [-0.4, -0.2) is 34.8 Å². The number of fused-ring (bicyclic) bond motifs is 3. The molecule has 3 heterocycles. The van der Waals surface area contributed by atoms with Gasteiger partial charge in [-0.25, -0.2) is 4.79 Å². The summed E-state index contributed by atoms with van der Waals surface area (Å²) in [4.78, 5) is 28.9. The molecule has 0 saturated carbocycles. The lowest BCUT2D eigenvalue weighted by Crippen LogP contribution is -2.37. The molecule has 3 aromatic heterocycles. The Morgan fingerprint density at radius 2 is 1.76 bits per heavy atom. The summed E-state index contributed by atoms with van der Waals surface area (Å²) in [6.07, 6.45) is 0. The van der Waals surface area contributed by atoms with E-state index in [1.54, 1.807) is 11.4 Å². The molecule has 3 rings (SSSR count). The van der Waals surface area contributed by atoms with Gasteiger partial charge in [-0.1, -0.05) is 0 Å². The van der Waals surface area contributed by atoms with E-state index in [4.69, 9.17) is 0 Å². The van der Waals surface area contributed by atoms with Gasteiger partial charge in [0.1, 0.15) is 0 Å². The van der Waals surface area contributed by atoms with Crippen LogP contribution >= 0.6 is 0 Å². The maximum absolute atomic E-state index is 12.4. The van der Waals surface area contributed by atoms with Crippen LogP contribution in [-0.2, 0) is 20.6 Å². The number of nitrogens with zero attached hydrogens (tertiary/aromatic N) is 5. The average molecular weight is 291 g/mol. The van der Waals surface area contributed by atoms with E-state index < -0.39 is 5.69 Å². The first-order chi connectivity index (χ1) is 9.90. The Kier molecular flexibility index (Phi) is 2.80. The Balaban J connectivity index is 2.64. The Bertz CT molecular complexity index is 986. The molecule has 3 aromatic rings. The second kappa shape index (κ2) is 4.32. The van der Waals surface area contributed by atoms with Crippen LogP contribution in [0.4, 0.5) is 0 Å². The third-order valence-electron chi connectivity index (χ3n) is 4.07. The van der Waals surface area contributed by atoms with Crippen molar-refractivity contribution in [1.29, 1.82) is 0 Å². The van der Waals surface area contributed by atoms with Crippen molar-refractivity contribution in [3.63, 3.8) is 0 Å². The number of hydrogen-bond acceptors (Lipinski definition) is 4. The van der Waals surface area contributed by atoms with Gasteiger partial charge in [0, 0.05) is 32.0 Å². The number of imidazole rings is 2. The van der Waals surface area contributed by atoms with Crippen molar-refractivity contribution in [3.8, 4) is 0 Å². The van der Waals surface area contributed by atoms with E-state index in [9.17, 15) is 14.7 Å². The van der Waals surface area contributed by atoms with Gasteiger partial charge in [0.2, 0.25) is 5.78 Å². The average Bonchev–Trinajstić information content (AvgIpc) is 2.95. The highest BCUT2D eigenvalue weighted by Crippen LogP contribution is 2.20. The highest BCUT2D eigenvalue weighted by atomic mass is 16.3. The van der Waals surface area contributed by atoms with Crippen molar-refractivity contribution in [2.45, 2.75) is 20.4 Å². The predicted molar refractivity (Wildman–Crippen MR) is 77.7 cm³/mol. The summed E-state index contributed by atoms with van der Waals surface area (Å²) >= 11 is 0. The van der Waals surface area contributed by atoms with Gasteiger partial charge in [-0.3, -0.25) is 18.3 Å². The van der Waals surface area contributed by atoms with Crippen molar-refractivity contribution >= 4 is 16.9 Å². The highest BCUT2D eigenvalue weighted by Gasteiger charge is 2.21. The third-order valence-corrected chi connectivity index (χ3v) is 4.07. The highest BCUT2D eigenvalue weighted by molar-refractivity contribution is 5.76. The standard InChI is InChI=1S/C13H17N5O3/c1-7-8(2)18-9-10(14-12(18)17(7)5-6-19)15(3)13(21)16(4)11(9)20/h19H,5-6H2,1-4H3. The van der Waals surface area contributed by atoms with Crippen molar-refractivity contribution in [2.75, 3.05) is 6.61 Å². The maximum atomic E-state index is 12.4. The molecule has 0 aliphatic heterocycles. The SMILES string of the molecule is Cc1c(C)n2c3c(=O)n(C)c(=O)n(C)c3nc2n1CCO. The van der Waals surface area contributed by atoms with Gasteiger partial charge in [0.15, 0.2) is 11.2 Å². The molecule has 8 heteroatoms. The van der Waals surface area contributed by atoms with Crippen LogP contribution in [0.2, 0.25) is 0 Å². The molecule has 0 fully saturated rings. The van der Waals surface area contributed by atoms with Crippen LogP contribution in [0.3, 0.4) is 0 Å². The van der Waals surface area contributed by atoms with Crippen LogP contribution in [0.5, 0.6) is 0 Å². The minimum atomic E-state index is -0.406. The van der Waals surface area contributed by atoms with Gasteiger partial charge < -0.3 is 9.67 Å². The number of aromatic nitrogens is 5. The molecule has 0 saturated heterocycles. The molecule has 0 aliphatic rings.